The molecule has 0 saturated carbocycles. The Hall–Kier alpha value is -0.440. The van der Waals surface area contributed by atoms with Gasteiger partial charge in [0.25, 0.3) is 5.97 Å². The van der Waals surface area contributed by atoms with E-state index >= 15 is 0 Å². The van der Waals surface area contributed by atoms with Crippen LogP contribution in [-0.4, -0.2) is 38.9 Å². The fourth-order valence-electron chi connectivity index (χ4n) is 0.751. The number of nitrogens with one attached hydrogen (secondary N) is 1. The van der Waals surface area contributed by atoms with Crippen LogP contribution >= 0.6 is 0 Å². The molecule has 3 nitrogen and oxygen atoms in total. The number of aliphatic carboxylic acids is 1. The van der Waals surface area contributed by atoms with Crippen LogP contribution in [-0.2, 0) is 4.79 Å². The van der Waals surface area contributed by atoms with E-state index in [2.05, 4.69) is 5.32 Å². The summed E-state index contributed by atoms with van der Waals surface area (Å²) >= 11 is 0. The van der Waals surface area contributed by atoms with Gasteiger partial charge in [0.2, 0.25) is 0 Å². The standard InChI is InChI=1S/C8H15B2NO2/c1-7(2,3)11-5-4-8(9,10)6(12)13/h11H,4-5H2,1-3H3,(H,12,13). The van der Waals surface area contributed by atoms with E-state index in [9.17, 15) is 4.79 Å². The van der Waals surface area contributed by atoms with Crippen LogP contribution in [0.5, 0.6) is 0 Å². The Bertz CT molecular complexity index is 187. The molecule has 0 aromatic heterocycles. The lowest BCUT2D eigenvalue weighted by atomic mass is 9.53. The van der Waals surface area contributed by atoms with Crippen LogP contribution < -0.4 is 5.32 Å². The summed E-state index contributed by atoms with van der Waals surface area (Å²) in [5.74, 6) is -1.18. The van der Waals surface area contributed by atoms with Gasteiger partial charge in [-0.15, -0.1) is 0 Å². The van der Waals surface area contributed by atoms with Crippen molar-refractivity contribution in [3.8, 4) is 0 Å². The fourth-order valence-corrected chi connectivity index (χ4v) is 0.751. The molecule has 5 heteroatoms. The van der Waals surface area contributed by atoms with E-state index in [1.165, 1.54) is 0 Å². The normalized spacial score (nSPS) is 12.8. The first-order valence-electron chi connectivity index (χ1n) is 4.21. The lowest BCUT2D eigenvalue weighted by molar-refractivity contribution is -0.138. The van der Waals surface area contributed by atoms with Crippen molar-refractivity contribution >= 4 is 21.7 Å². The van der Waals surface area contributed by atoms with Crippen molar-refractivity contribution in [2.45, 2.75) is 37.9 Å². The van der Waals surface area contributed by atoms with Crippen LogP contribution in [0.4, 0.5) is 0 Å². The minimum Gasteiger partial charge on any atom is -0.482 e. The van der Waals surface area contributed by atoms with E-state index in [4.69, 9.17) is 20.8 Å². The molecule has 0 amide bonds. The topological polar surface area (TPSA) is 49.3 Å². The van der Waals surface area contributed by atoms with Gasteiger partial charge in [-0.3, -0.25) is 4.79 Å². The van der Waals surface area contributed by atoms with Crippen LogP contribution in [0.15, 0.2) is 0 Å². The van der Waals surface area contributed by atoms with Crippen LogP contribution in [0, 0.1) is 0 Å². The molecule has 0 rings (SSSR count). The fraction of sp³-hybridized carbons (Fsp3) is 0.875. The van der Waals surface area contributed by atoms with Crippen molar-refractivity contribution in [1.82, 2.24) is 5.32 Å². The summed E-state index contributed by atoms with van der Waals surface area (Å²) in [7, 11) is 10.7. The molecule has 0 bridgehead atoms. The number of hydrogen-bond donors (Lipinski definition) is 2. The Balaban J connectivity index is 3.84. The van der Waals surface area contributed by atoms with Crippen LogP contribution in [0.1, 0.15) is 27.2 Å². The number of carboxylic acids is 1. The molecule has 13 heavy (non-hydrogen) atoms. The van der Waals surface area contributed by atoms with Gasteiger partial charge < -0.3 is 10.4 Å². The van der Waals surface area contributed by atoms with Crippen molar-refractivity contribution in [3.63, 3.8) is 0 Å². The Labute approximate surface area is 82.1 Å². The summed E-state index contributed by atoms with van der Waals surface area (Å²) in [6.45, 7) is 6.45. The molecular formula is C8H15B2NO2. The Morgan fingerprint density at radius 3 is 2.15 bits per heavy atom. The monoisotopic (exact) mass is 179 g/mol. The molecule has 0 unspecified atom stereocenters. The van der Waals surface area contributed by atoms with Crippen molar-refractivity contribution in [2.75, 3.05) is 6.54 Å². The zero-order chi connectivity index (χ0) is 10.7. The molecule has 0 atom stereocenters. The van der Waals surface area contributed by atoms with Crippen molar-refractivity contribution in [3.05, 3.63) is 0 Å². The minimum atomic E-state index is -1.63. The van der Waals surface area contributed by atoms with E-state index < -0.39 is 11.2 Å². The van der Waals surface area contributed by atoms with Gasteiger partial charge in [0, 0.05) is 5.54 Å². The quantitative estimate of drug-likeness (QED) is 0.610. The first-order valence-corrected chi connectivity index (χ1v) is 4.21. The number of carbonyl (C=O) groups is 1. The maximum Gasteiger partial charge on any atom is 0.292 e. The molecule has 70 valence electrons. The van der Waals surface area contributed by atoms with Gasteiger partial charge in [-0.1, -0.05) is 0 Å². The molecular weight excluding hydrogens is 164 g/mol. The zero-order valence-corrected chi connectivity index (χ0v) is 8.42. The minimum absolute atomic E-state index is 0.0470. The Morgan fingerprint density at radius 2 is 1.85 bits per heavy atom. The van der Waals surface area contributed by atoms with Gasteiger partial charge in [-0.25, -0.2) is 0 Å². The number of carboxylic acid groups (broad SMARTS) is 1. The van der Waals surface area contributed by atoms with Crippen molar-refractivity contribution in [2.24, 2.45) is 0 Å². The van der Waals surface area contributed by atoms with E-state index in [0.29, 0.717) is 6.54 Å². The summed E-state index contributed by atoms with van der Waals surface area (Å²) in [4.78, 5) is 10.5. The van der Waals surface area contributed by atoms with Gasteiger partial charge >= 0.3 is 0 Å². The predicted molar refractivity (Wildman–Crippen MR) is 54.2 cm³/mol. The number of rotatable bonds is 4. The third-order valence-corrected chi connectivity index (χ3v) is 1.59. The van der Waals surface area contributed by atoms with E-state index in [0.717, 1.165) is 0 Å². The third kappa shape index (κ3) is 5.75. The van der Waals surface area contributed by atoms with E-state index in [1.54, 1.807) is 0 Å². The predicted octanol–water partition coefficient (Wildman–Crippen LogP) is 0.302. The lowest BCUT2D eigenvalue weighted by Gasteiger charge is -2.25. The molecule has 0 spiro atoms. The molecule has 0 heterocycles. The van der Waals surface area contributed by atoms with Gasteiger partial charge in [0.15, 0.2) is 0 Å². The second-order valence-corrected chi connectivity index (χ2v) is 4.27. The van der Waals surface area contributed by atoms with Crippen molar-refractivity contribution < 1.29 is 9.90 Å². The highest BCUT2D eigenvalue weighted by Crippen LogP contribution is 2.20. The van der Waals surface area contributed by atoms with E-state index in [1.807, 2.05) is 20.8 Å². The average molecular weight is 179 g/mol. The molecule has 0 aliphatic rings. The smallest absolute Gasteiger partial charge is 0.292 e. The van der Waals surface area contributed by atoms with Gasteiger partial charge in [0.1, 0.15) is 0 Å². The second-order valence-electron chi connectivity index (χ2n) is 4.27. The number of hydrogen-bond acceptors (Lipinski definition) is 2. The first kappa shape index (κ1) is 12.6. The van der Waals surface area contributed by atoms with Gasteiger partial charge in [0.05, 0.1) is 15.7 Å². The largest absolute Gasteiger partial charge is 0.482 e. The summed E-state index contributed by atoms with van der Waals surface area (Å²) in [5.41, 5.74) is -0.0470. The summed E-state index contributed by atoms with van der Waals surface area (Å²) in [6.07, 6.45) is 0.208. The molecule has 0 aliphatic carbocycles. The second kappa shape index (κ2) is 4.18. The summed E-state index contributed by atoms with van der Waals surface area (Å²) in [6, 6.07) is 0. The Morgan fingerprint density at radius 1 is 1.38 bits per heavy atom. The van der Waals surface area contributed by atoms with Gasteiger partial charge in [-0.2, -0.15) is 0 Å². The molecule has 0 aromatic rings. The highest BCUT2D eigenvalue weighted by molar-refractivity contribution is 6.49. The highest BCUT2D eigenvalue weighted by atomic mass is 16.4. The first-order chi connectivity index (χ1) is 5.65. The molecule has 0 aromatic carbocycles. The maximum atomic E-state index is 10.5. The van der Waals surface area contributed by atoms with Crippen LogP contribution in [0.25, 0.3) is 0 Å². The molecule has 0 saturated heterocycles. The Kier molecular flexibility index (Phi) is 4.04. The zero-order valence-electron chi connectivity index (χ0n) is 8.42. The highest BCUT2D eigenvalue weighted by Gasteiger charge is 2.25. The molecule has 4 radical (unpaired) electrons. The summed E-state index contributed by atoms with van der Waals surface area (Å²) in [5, 5.41) is 10.1. The van der Waals surface area contributed by atoms with E-state index in [-0.39, 0.29) is 12.0 Å². The summed E-state index contributed by atoms with van der Waals surface area (Å²) < 4.78 is 0. The lowest BCUT2D eigenvalue weighted by Crippen LogP contribution is -2.39. The molecule has 0 aliphatic heterocycles. The molecule has 0 fully saturated rings. The SMILES string of the molecule is [B]C([B])(CCNC(C)(C)C)C(=O)O. The van der Waals surface area contributed by atoms with Crippen LogP contribution in [0.3, 0.4) is 0 Å². The maximum absolute atomic E-state index is 10.5. The molecule has 2 N–H and O–H groups in total. The van der Waals surface area contributed by atoms with Crippen LogP contribution in [0.2, 0.25) is 5.21 Å². The average Bonchev–Trinajstić information content (AvgIpc) is 1.82. The van der Waals surface area contributed by atoms with Crippen molar-refractivity contribution in [1.29, 1.82) is 0 Å². The third-order valence-electron chi connectivity index (χ3n) is 1.59. The van der Waals surface area contributed by atoms with Gasteiger partial charge in [-0.05, 0) is 39.0 Å².